The standard InChI is InChI=1S/C28H38N4O4S/c1-20(33)29-13-6-5-7-22-17-24(10-14-30-22)37(34,35)23-8-9-26-25(18-23)31-27(28(2,3)4)32(26)19-21-11-15-36-16-12-21/h8-10,14,17-18,21H,5-7,11-13,15-16,19H2,1-4H3,(H,29,33). The molecule has 3 aromatic rings. The number of aromatic nitrogens is 3. The van der Waals surface area contributed by atoms with Gasteiger partial charge in [-0.05, 0) is 68.4 Å². The molecular formula is C28H38N4O4S. The van der Waals surface area contributed by atoms with Crippen LogP contribution in [0.4, 0.5) is 0 Å². The molecule has 1 amide bonds. The van der Waals surface area contributed by atoms with E-state index in [0.29, 0.717) is 24.4 Å². The summed E-state index contributed by atoms with van der Waals surface area (Å²) in [6.07, 6.45) is 5.85. The van der Waals surface area contributed by atoms with Crippen LogP contribution in [-0.2, 0) is 37.7 Å². The van der Waals surface area contributed by atoms with E-state index >= 15 is 0 Å². The van der Waals surface area contributed by atoms with E-state index in [1.165, 1.54) is 6.92 Å². The number of benzene rings is 1. The average Bonchev–Trinajstić information content (AvgIpc) is 3.23. The van der Waals surface area contributed by atoms with E-state index in [1.807, 2.05) is 6.07 Å². The van der Waals surface area contributed by atoms with Crippen LogP contribution < -0.4 is 5.32 Å². The van der Waals surface area contributed by atoms with Crippen molar-refractivity contribution in [3.05, 3.63) is 48.0 Å². The van der Waals surface area contributed by atoms with E-state index in [4.69, 9.17) is 9.72 Å². The average molecular weight is 527 g/mol. The van der Waals surface area contributed by atoms with Gasteiger partial charge in [0.05, 0.1) is 20.8 Å². The summed E-state index contributed by atoms with van der Waals surface area (Å²) in [6, 6.07) is 8.49. The van der Waals surface area contributed by atoms with Crippen LogP contribution in [0.25, 0.3) is 11.0 Å². The Labute approximate surface area is 219 Å². The fraction of sp³-hybridized carbons (Fsp3) is 0.536. The molecule has 200 valence electrons. The highest BCUT2D eigenvalue weighted by Gasteiger charge is 2.27. The third-order valence-electron chi connectivity index (χ3n) is 6.81. The van der Waals surface area contributed by atoms with Crippen molar-refractivity contribution in [3.8, 4) is 0 Å². The second kappa shape index (κ2) is 11.3. The first-order valence-corrected chi connectivity index (χ1v) is 14.6. The van der Waals surface area contributed by atoms with Gasteiger partial charge in [-0.15, -0.1) is 0 Å². The van der Waals surface area contributed by atoms with Gasteiger partial charge in [0.15, 0.2) is 0 Å². The topological polar surface area (TPSA) is 103 Å². The van der Waals surface area contributed by atoms with Gasteiger partial charge in [-0.25, -0.2) is 13.4 Å². The molecule has 0 saturated carbocycles. The summed E-state index contributed by atoms with van der Waals surface area (Å²) in [6.45, 7) is 10.9. The van der Waals surface area contributed by atoms with Crippen molar-refractivity contribution in [2.45, 2.75) is 81.5 Å². The van der Waals surface area contributed by atoms with E-state index < -0.39 is 9.84 Å². The molecule has 8 nitrogen and oxygen atoms in total. The maximum atomic E-state index is 13.6. The number of pyridine rings is 1. The fourth-order valence-electron chi connectivity index (χ4n) is 4.81. The van der Waals surface area contributed by atoms with Gasteiger partial charge in [-0.2, -0.15) is 0 Å². The van der Waals surface area contributed by atoms with E-state index in [9.17, 15) is 13.2 Å². The molecule has 1 aliphatic heterocycles. The number of hydrogen-bond acceptors (Lipinski definition) is 6. The number of imidazole rings is 1. The predicted molar refractivity (Wildman–Crippen MR) is 143 cm³/mol. The lowest BCUT2D eigenvalue weighted by molar-refractivity contribution is -0.118. The molecule has 1 fully saturated rings. The van der Waals surface area contributed by atoms with Gasteiger partial charge < -0.3 is 14.6 Å². The number of aryl methyl sites for hydroxylation is 1. The number of hydrogen-bond donors (Lipinski definition) is 1. The van der Waals surface area contributed by atoms with Crippen molar-refractivity contribution in [3.63, 3.8) is 0 Å². The number of rotatable bonds is 9. The zero-order valence-electron chi connectivity index (χ0n) is 22.3. The summed E-state index contributed by atoms with van der Waals surface area (Å²) in [4.78, 5) is 20.8. The first-order valence-electron chi connectivity index (χ1n) is 13.1. The van der Waals surface area contributed by atoms with Crippen molar-refractivity contribution < 1.29 is 17.9 Å². The van der Waals surface area contributed by atoms with Crippen LogP contribution in [0, 0.1) is 5.92 Å². The van der Waals surface area contributed by atoms with Gasteiger partial charge in [0.2, 0.25) is 15.7 Å². The van der Waals surface area contributed by atoms with Crippen molar-refractivity contribution >= 4 is 26.8 Å². The van der Waals surface area contributed by atoms with Crippen molar-refractivity contribution in [2.75, 3.05) is 19.8 Å². The Hall–Kier alpha value is -2.78. The van der Waals surface area contributed by atoms with Gasteiger partial charge in [0.25, 0.3) is 0 Å². The summed E-state index contributed by atoms with van der Waals surface area (Å²) in [5.74, 6) is 1.43. The van der Waals surface area contributed by atoms with E-state index in [-0.39, 0.29) is 21.1 Å². The largest absolute Gasteiger partial charge is 0.381 e. The Kier molecular flexibility index (Phi) is 8.33. The van der Waals surface area contributed by atoms with Crippen LogP contribution in [0.1, 0.15) is 64.9 Å². The smallest absolute Gasteiger partial charge is 0.216 e. The van der Waals surface area contributed by atoms with Crippen LogP contribution in [0.15, 0.2) is 46.3 Å². The molecule has 9 heteroatoms. The lowest BCUT2D eigenvalue weighted by Gasteiger charge is -2.26. The van der Waals surface area contributed by atoms with Crippen LogP contribution in [0.3, 0.4) is 0 Å². The summed E-state index contributed by atoms with van der Waals surface area (Å²) < 4.78 is 34.9. The molecule has 0 atom stereocenters. The maximum Gasteiger partial charge on any atom is 0.216 e. The molecule has 1 N–H and O–H groups in total. The zero-order valence-corrected chi connectivity index (χ0v) is 23.1. The Bertz CT molecular complexity index is 1350. The third kappa shape index (κ3) is 6.57. The summed E-state index contributed by atoms with van der Waals surface area (Å²) in [5, 5.41) is 2.77. The lowest BCUT2D eigenvalue weighted by atomic mass is 9.94. The molecule has 0 bridgehead atoms. The highest BCUT2D eigenvalue weighted by atomic mass is 32.2. The Balaban J connectivity index is 1.59. The zero-order chi connectivity index (χ0) is 26.6. The Morgan fingerprint density at radius 2 is 1.84 bits per heavy atom. The maximum absolute atomic E-state index is 13.6. The van der Waals surface area contributed by atoms with Crippen molar-refractivity contribution in [1.82, 2.24) is 19.9 Å². The van der Waals surface area contributed by atoms with Crippen LogP contribution in [-0.4, -0.2) is 48.6 Å². The third-order valence-corrected chi connectivity index (χ3v) is 8.56. The number of nitrogens with zero attached hydrogens (tertiary/aromatic N) is 3. The number of sulfone groups is 1. The molecule has 2 aromatic heterocycles. The summed E-state index contributed by atoms with van der Waals surface area (Å²) in [5.41, 5.74) is 2.21. The quantitative estimate of drug-likeness (QED) is 0.413. The van der Waals surface area contributed by atoms with Crippen molar-refractivity contribution in [2.24, 2.45) is 5.92 Å². The minimum absolute atomic E-state index is 0.0498. The summed E-state index contributed by atoms with van der Waals surface area (Å²) >= 11 is 0. The van der Waals surface area contributed by atoms with Gasteiger partial charge >= 0.3 is 0 Å². The second-order valence-electron chi connectivity index (χ2n) is 10.9. The molecule has 1 saturated heterocycles. The Morgan fingerprint density at radius 1 is 1.11 bits per heavy atom. The predicted octanol–water partition coefficient (Wildman–Crippen LogP) is 4.45. The molecule has 1 aromatic carbocycles. The molecule has 0 spiro atoms. The van der Waals surface area contributed by atoms with Crippen LogP contribution in [0.2, 0.25) is 0 Å². The fourth-order valence-corrected chi connectivity index (χ4v) is 6.13. The monoisotopic (exact) mass is 526 g/mol. The first-order chi connectivity index (χ1) is 17.6. The van der Waals surface area contributed by atoms with E-state index in [1.54, 1.807) is 30.5 Å². The minimum Gasteiger partial charge on any atom is -0.381 e. The SMILES string of the molecule is CC(=O)NCCCCc1cc(S(=O)(=O)c2ccc3c(c2)nc(C(C)(C)C)n3CC2CCOCC2)ccn1. The highest BCUT2D eigenvalue weighted by Crippen LogP contribution is 2.31. The van der Waals surface area contributed by atoms with Crippen LogP contribution >= 0.6 is 0 Å². The molecule has 4 rings (SSSR count). The Morgan fingerprint density at radius 3 is 2.54 bits per heavy atom. The normalized spacial score (nSPS) is 15.2. The van der Waals surface area contributed by atoms with Gasteiger partial charge in [-0.1, -0.05) is 20.8 Å². The van der Waals surface area contributed by atoms with Crippen LogP contribution in [0.5, 0.6) is 0 Å². The molecule has 0 radical (unpaired) electrons. The molecular weight excluding hydrogens is 488 g/mol. The first kappa shape index (κ1) is 27.3. The molecule has 3 heterocycles. The summed E-state index contributed by atoms with van der Waals surface area (Å²) in [7, 11) is -3.73. The van der Waals surface area contributed by atoms with E-state index in [2.05, 4.69) is 35.6 Å². The van der Waals surface area contributed by atoms with Gasteiger partial charge in [0, 0.05) is 50.5 Å². The highest BCUT2D eigenvalue weighted by molar-refractivity contribution is 7.91. The number of fused-ring (bicyclic) bond motifs is 1. The van der Waals surface area contributed by atoms with Crippen molar-refractivity contribution in [1.29, 1.82) is 0 Å². The molecule has 0 unspecified atom stereocenters. The van der Waals surface area contributed by atoms with Gasteiger partial charge in [-0.3, -0.25) is 9.78 Å². The minimum atomic E-state index is -3.73. The van der Waals surface area contributed by atoms with Gasteiger partial charge in [0.1, 0.15) is 5.82 Å². The molecule has 1 aliphatic rings. The number of carbonyl (C=O) groups is 1. The second-order valence-corrected chi connectivity index (χ2v) is 12.9. The number of carbonyl (C=O) groups excluding carboxylic acids is 1. The number of nitrogens with one attached hydrogen (secondary N) is 1. The lowest BCUT2D eigenvalue weighted by Crippen LogP contribution is -2.25. The number of ether oxygens (including phenoxy) is 1. The number of amides is 1. The number of unbranched alkanes of at least 4 members (excludes halogenated alkanes) is 1. The van der Waals surface area contributed by atoms with E-state index in [0.717, 1.165) is 62.5 Å². The molecule has 0 aliphatic carbocycles. The molecule has 37 heavy (non-hydrogen) atoms.